The molecule has 1 aromatic rings. The van der Waals surface area contributed by atoms with Gasteiger partial charge in [0.15, 0.2) is 0 Å². The maximum atomic E-state index is 12.0. The third-order valence-electron chi connectivity index (χ3n) is 3.41. The van der Waals surface area contributed by atoms with E-state index in [1.54, 1.807) is 24.3 Å². The molecular formula is C13H13NO3. The third-order valence-corrected chi connectivity index (χ3v) is 3.41. The second kappa shape index (κ2) is 3.67. The Kier molecular flexibility index (Phi) is 2.26. The van der Waals surface area contributed by atoms with Gasteiger partial charge in [-0.3, -0.25) is 14.5 Å². The first kappa shape index (κ1) is 10.5. The maximum absolute atomic E-state index is 12.0. The minimum atomic E-state index is -0.572. The van der Waals surface area contributed by atoms with Crippen LogP contribution in [-0.4, -0.2) is 34.5 Å². The quantitative estimate of drug-likeness (QED) is 0.791. The van der Waals surface area contributed by atoms with Crippen LogP contribution in [0.25, 0.3) is 0 Å². The average molecular weight is 231 g/mol. The summed E-state index contributed by atoms with van der Waals surface area (Å²) in [6, 6.07) is 6.79. The van der Waals surface area contributed by atoms with Gasteiger partial charge in [0.2, 0.25) is 0 Å². The normalized spacial score (nSPS) is 20.6. The molecule has 4 nitrogen and oxygen atoms in total. The van der Waals surface area contributed by atoms with E-state index in [0.29, 0.717) is 11.1 Å². The van der Waals surface area contributed by atoms with Gasteiger partial charge < -0.3 is 5.11 Å². The minimum absolute atomic E-state index is 0.122. The predicted octanol–water partition coefficient (Wildman–Crippen LogP) is 1.05. The summed E-state index contributed by atoms with van der Waals surface area (Å²) in [5.41, 5.74) is 0.890. The number of benzene rings is 1. The molecule has 88 valence electrons. The lowest BCUT2D eigenvalue weighted by Crippen LogP contribution is -2.37. The number of fused-ring (bicyclic) bond motifs is 1. The summed E-state index contributed by atoms with van der Waals surface area (Å²) >= 11 is 0. The van der Waals surface area contributed by atoms with Crippen molar-refractivity contribution in [2.75, 3.05) is 6.54 Å². The van der Waals surface area contributed by atoms with Crippen molar-refractivity contribution in [2.24, 2.45) is 5.92 Å². The molecule has 2 amide bonds. The lowest BCUT2D eigenvalue weighted by Gasteiger charge is -2.17. The fraction of sp³-hybridized carbons (Fsp3) is 0.385. The minimum Gasteiger partial charge on any atom is -0.391 e. The molecule has 1 atom stereocenters. The van der Waals surface area contributed by atoms with Crippen LogP contribution >= 0.6 is 0 Å². The fourth-order valence-electron chi connectivity index (χ4n) is 2.22. The molecule has 17 heavy (non-hydrogen) atoms. The highest BCUT2D eigenvalue weighted by molar-refractivity contribution is 6.21. The molecule has 0 spiro atoms. The van der Waals surface area contributed by atoms with E-state index in [0.717, 1.165) is 17.7 Å². The van der Waals surface area contributed by atoms with Crippen LogP contribution in [-0.2, 0) is 0 Å². The molecule has 1 fully saturated rings. The lowest BCUT2D eigenvalue weighted by atomic mass is 10.1. The molecular weight excluding hydrogens is 218 g/mol. The van der Waals surface area contributed by atoms with Crippen molar-refractivity contribution >= 4 is 11.8 Å². The maximum Gasteiger partial charge on any atom is 0.261 e. The number of amides is 2. The van der Waals surface area contributed by atoms with Crippen LogP contribution in [0, 0.1) is 5.92 Å². The van der Waals surface area contributed by atoms with Crippen molar-refractivity contribution in [3.05, 3.63) is 35.4 Å². The highest BCUT2D eigenvalue weighted by Gasteiger charge is 2.39. The van der Waals surface area contributed by atoms with Crippen molar-refractivity contribution < 1.29 is 14.7 Å². The summed E-state index contributed by atoms with van der Waals surface area (Å²) in [6.45, 7) is 0.122. The molecule has 0 aromatic heterocycles. The van der Waals surface area contributed by atoms with Crippen molar-refractivity contribution in [3.63, 3.8) is 0 Å². The Morgan fingerprint density at radius 3 is 2.18 bits per heavy atom. The van der Waals surface area contributed by atoms with E-state index in [9.17, 15) is 14.7 Å². The van der Waals surface area contributed by atoms with Gasteiger partial charge in [0.05, 0.1) is 23.8 Å². The molecule has 1 N–H and O–H groups in total. The second-order valence-corrected chi connectivity index (χ2v) is 4.67. The number of hydrogen-bond donors (Lipinski definition) is 1. The summed E-state index contributed by atoms with van der Waals surface area (Å²) in [7, 11) is 0. The molecule has 0 saturated heterocycles. The molecule has 0 bridgehead atoms. The number of hydrogen-bond acceptors (Lipinski definition) is 3. The van der Waals surface area contributed by atoms with Gasteiger partial charge >= 0.3 is 0 Å². The van der Waals surface area contributed by atoms with E-state index in [4.69, 9.17) is 0 Å². The van der Waals surface area contributed by atoms with Crippen LogP contribution in [0.15, 0.2) is 24.3 Å². The number of carbonyl (C=O) groups excluding carboxylic acids is 2. The van der Waals surface area contributed by atoms with Crippen molar-refractivity contribution in [3.8, 4) is 0 Å². The Balaban J connectivity index is 1.84. The van der Waals surface area contributed by atoms with E-state index >= 15 is 0 Å². The number of nitrogens with zero attached hydrogens (tertiary/aromatic N) is 1. The predicted molar refractivity (Wildman–Crippen MR) is 60.5 cm³/mol. The first-order valence-electron chi connectivity index (χ1n) is 5.82. The number of imide groups is 1. The van der Waals surface area contributed by atoms with Gasteiger partial charge in [0.25, 0.3) is 11.8 Å². The highest BCUT2D eigenvalue weighted by Crippen LogP contribution is 2.34. The van der Waals surface area contributed by atoms with Crippen LogP contribution in [0.2, 0.25) is 0 Å². The summed E-state index contributed by atoms with van der Waals surface area (Å²) in [6.07, 6.45) is 1.41. The zero-order chi connectivity index (χ0) is 12.0. The van der Waals surface area contributed by atoms with Gasteiger partial charge in [0.1, 0.15) is 0 Å². The molecule has 1 unspecified atom stereocenters. The van der Waals surface area contributed by atoms with Crippen LogP contribution in [0.1, 0.15) is 33.6 Å². The molecule has 4 heteroatoms. The van der Waals surface area contributed by atoms with Gasteiger partial charge in [-0.2, -0.15) is 0 Å². The van der Waals surface area contributed by atoms with Gasteiger partial charge in [-0.05, 0) is 30.9 Å². The van der Waals surface area contributed by atoms with Crippen LogP contribution in [0.4, 0.5) is 0 Å². The van der Waals surface area contributed by atoms with Gasteiger partial charge in [0, 0.05) is 0 Å². The van der Waals surface area contributed by atoms with E-state index < -0.39 is 6.10 Å². The molecule has 1 heterocycles. The summed E-state index contributed by atoms with van der Waals surface area (Å²) in [4.78, 5) is 25.1. The third kappa shape index (κ3) is 1.65. The van der Waals surface area contributed by atoms with Crippen LogP contribution < -0.4 is 0 Å². The molecule has 1 aliphatic heterocycles. The van der Waals surface area contributed by atoms with E-state index in [-0.39, 0.29) is 24.3 Å². The summed E-state index contributed by atoms with van der Waals surface area (Å²) in [5.74, 6) is -0.310. The van der Waals surface area contributed by atoms with E-state index in [1.807, 2.05) is 0 Å². The Hall–Kier alpha value is -1.68. The fourth-order valence-corrected chi connectivity index (χ4v) is 2.22. The van der Waals surface area contributed by atoms with Crippen LogP contribution in [0.5, 0.6) is 0 Å². The lowest BCUT2D eigenvalue weighted by molar-refractivity contribution is 0.0515. The van der Waals surface area contributed by atoms with Crippen molar-refractivity contribution in [1.82, 2.24) is 4.90 Å². The Morgan fingerprint density at radius 1 is 1.18 bits per heavy atom. The highest BCUT2D eigenvalue weighted by atomic mass is 16.3. The second-order valence-electron chi connectivity index (χ2n) is 4.67. The van der Waals surface area contributed by atoms with Gasteiger partial charge in [-0.15, -0.1) is 0 Å². The number of carbonyl (C=O) groups is 2. The molecule has 1 aliphatic carbocycles. The van der Waals surface area contributed by atoms with E-state index in [2.05, 4.69) is 0 Å². The average Bonchev–Trinajstić information content (AvgIpc) is 3.15. The molecule has 1 aromatic carbocycles. The van der Waals surface area contributed by atoms with E-state index in [1.165, 1.54) is 0 Å². The first-order valence-corrected chi connectivity index (χ1v) is 5.82. The first-order chi connectivity index (χ1) is 8.18. The number of aliphatic hydroxyl groups excluding tert-OH is 1. The van der Waals surface area contributed by atoms with Crippen LogP contribution in [0.3, 0.4) is 0 Å². The molecule has 3 rings (SSSR count). The topological polar surface area (TPSA) is 57.6 Å². The smallest absolute Gasteiger partial charge is 0.261 e. The molecule has 0 radical (unpaired) electrons. The largest absolute Gasteiger partial charge is 0.391 e. The summed E-state index contributed by atoms with van der Waals surface area (Å²) < 4.78 is 0. The van der Waals surface area contributed by atoms with Crippen molar-refractivity contribution in [2.45, 2.75) is 18.9 Å². The Labute approximate surface area is 98.9 Å². The number of rotatable bonds is 3. The van der Waals surface area contributed by atoms with Crippen molar-refractivity contribution in [1.29, 1.82) is 0 Å². The SMILES string of the molecule is O=C1c2ccccc2C(=O)N1CC(O)C1CC1. The Morgan fingerprint density at radius 2 is 1.71 bits per heavy atom. The Bertz CT molecular complexity index is 458. The molecule has 1 saturated carbocycles. The zero-order valence-corrected chi connectivity index (χ0v) is 9.30. The summed E-state index contributed by atoms with van der Waals surface area (Å²) in [5, 5.41) is 9.82. The number of aliphatic hydroxyl groups is 1. The van der Waals surface area contributed by atoms with Gasteiger partial charge in [-0.25, -0.2) is 0 Å². The zero-order valence-electron chi connectivity index (χ0n) is 9.30. The van der Waals surface area contributed by atoms with Gasteiger partial charge in [-0.1, -0.05) is 12.1 Å². The monoisotopic (exact) mass is 231 g/mol. The molecule has 2 aliphatic rings. The standard InChI is InChI=1S/C13H13NO3/c15-11(8-5-6-8)7-14-12(16)9-3-1-2-4-10(9)13(14)17/h1-4,8,11,15H,5-7H2. The number of β-amino-alcohol motifs (C(OH)–C–C–N with tert-alkyl or cyclic N) is 1.